The maximum atomic E-state index is 12.6. The molecule has 2 aromatic rings. The van der Waals surface area contributed by atoms with Crippen LogP contribution in [0.2, 0.25) is 0 Å². The van der Waals surface area contributed by atoms with Crippen LogP contribution in [0.1, 0.15) is 55.3 Å². The zero-order valence-corrected chi connectivity index (χ0v) is 16.8. The molecule has 2 atom stereocenters. The quantitative estimate of drug-likeness (QED) is 0.878. The number of hydrogen-bond donors (Lipinski definition) is 1. The van der Waals surface area contributed by atoms with Crippen LogP contribution in [-0.4, -0.2) is 54.1 Å². The summed E-state index contributed by atoms with van der Waals surface area (Å²) in [6, 6.07) is 7.59. The Kier molecular flexibility index (Phi) is 4.56. The Balaban J connectivity index is 1.38. The van der Waals surface area contributed by atoms with E-state index >= 15 is 0 Å². The molecule has 0 spiro atoms. The fraction of sp³-hybridized carbons (Fsp3) is 0.619. The molecule has 0 bridgehead atoms. The zero-order chi connectivity index (χ0) is 18.4. The van der Waals surface area contributed by atoms with E-state index in [-0.39, 0.29) is 5.91 Å². The third kappa shape index (κ3) is 3.23. The Morgan fingerprint density at radius 2 is 1.96 bits per heavy atom. The van der Waals surface area contributed by atoms with Crippen molar-refractivity contribution in [3.05, 3.63) is 23.8 Å². The number of rotatable bonds is 3. The third-order valence-electron chi connectivity index (χ3n) is 6.66. The molecule has 1 N–H and O–H groups in total. The number of likely N-dealkylation sites (N-methyl/N-ethyl adjacent to an activating group) is 1. The van der Waals surface area contributed by atoms with Gasteiger partial charge in [-0.25, -0.2) is 4.98 Å². The maximum absolute atomic E-state index is 12.6. The molecule has 2 unspecified atom stereocenters. The number of fused-ring (bicyclic) bond motifs is 2. The first-order valence-corrected chi connectivity index (χ1v) is 11.2. The van der Waals surface area contributed by atoms with Crippen molar-refractivity contribution in [2.75, 3.05) is 25.0 Å². The number of carbonyl (C=O) groups is 1. The molecule has 6 heteroatoms. The molecule has 1 aromatic carbocycles. The van der Waals surface area contributed by atoms with E-state index in [0.29, 0.717) is 18.1 Å². The van der Waals surface area contributed by atoms with Crippen LogP contribution in [0.4, 0.5) is 5.13 Å². The van der Waals surface area contributed by atoms with E-state index in [2.05, 4.69) is 22.2 Å². The van der Waals surface area contributed by atoms with Gasteiger partial charge in [0.2, 0.25) is 0 Å². The van der Waals surface area contributed by atoms with E-state index < -0.39 is 0 Å². The number of thiazole rings is 1. The Bertz CT molecular complexity index is 844. The summed E-state index contributed by atoms with van der Waals surface area (Å²) in [4.78, 5) is 22.6. The SMILES string of the molecule is CN1CCC2C1CCCN2c1nc2ccc(C(=O)NC3CCCC3)cc2s1. The second kappa shape index (κ2) is 7.06. The highest BCUT2D eigenvalue weighted by Gasteiger charge is 2.39. The van der Waals surface area contributed by atoms with Crippen LogP contribution in [0.25, 0.3) is 10.2 Å². The fourth-order valence-corrected chi connectivity index (χ4v) is 6.24. The second-order valence-electron chi connectivity index (χ2n) is 8.37. The largest absolute Gasteiger partial charge is 0.349 e. The number of nitrogens with zero attached hydrogens (tertiary/aromatic N) is 3. The minimum absolute atomic E-state index is 0.0641. The molecule has 144 valence electrons. The first kappa shape index (κ1) is 17.4. The first-order valence-electron chi connectivity index (χ1n) is 10.4. The molecule has 2 saturated heterocycles. The van der Waals surface area contributed by atoms with E-state index in [1.165, 1.54) is 38.6 Å². The number of likely N-dealkylation sites (tertiary alicyclic amines) is 1. The summed E-state index contributed by atoms with van der Waals surface area (Å²) in [5.74, 6) is 0.0641. The topological polar surface area (TPSA) is 48.5 Å². The number of aromatic nitrogens is 1. The Hall–Kier alpha value is -1.66. The molecular weight excluding hydrogens is 356 g/mol. The summed E-state index contributed by atoms with van der Waals surface area (Å²) in [6.07, 6.45) is 8.46. The van der Waals surface area contributed by atoms with Crippen molar-refractivity contribution in [3.63, 3.8) is 0 Å². The minimum Gasteiger partial charge on any atom is -0.349 e. The van der Waals surface area contributed by atoms with Gasteiger partial charge in [0.05, 0.1) is 10.2 Å². The molecule has 1 saturated carbocycles. The number of benzene rings is 1. The summed E-state index contributed by atoms with van der Waals surface area (Å²) >= 11 is 1.74. The molecule has 27 heavy (non-hydrogen) atoms. The Labute approximate surface area is 164 Å². The van der Waals surface area contributed by atoms with E-state index in [1.807, 2.05) is 18.2 Å². The van der Waals surface area contributed by atoms with Gasteiger partial charge in [-0.1, -0.05) is 24.2 Å². The lowest BCUT2D eigenvalue weighted by atomic mass is 9.98. The molecule has 3 fully saturated rings. The van der Waals surface area contributed by atoms with Crippen LogP contribution >= 0.6 is 11.3 Å². The van der Waals surface area contributed by atoms with Crippen molar-refractivity contribution in [1.29, 1.82) is 0 Å². The predicted octanol–water partition coefficient (Wildman–Crippen LogP) is 3.64. The van der Waals surface area contributed by atoms with E-state index in [9.17, 15) is 4.79 Å². The van der Waals surface area contributed by atoms with Gasteiger partial charge in [-0.2, -0.15) is 0 Å². The smallest absolute Gasteiger partial charge is 0.251 e. The minimum atomic E-state index is 0.0641. The number of anilines is 1. The van der Waals surface area contributed by atoms with E-state index in [0.717, 1.165) is 40.3 Å². The van der Waals surface area contributed by atoms with Crippen molar-refractivity contribution in [2.24, 2.45) is 0 Å². The molecule has 0 radical (unpaired) electrons. The number of amides is 1. The average Bonchev–Trinajstić information content (AvgIpc) is 3.41. The van der Waals surface area contributed by atoms with Gasteiger partial charge >= 0.3 is 0 Å². The summed E-state index contributed by atoms with van der Waals surface area (Å²) in [6.45, 7) is 2.28. The molecule has 1 aliphatic carbocycles. The van der Waals surface area contributed by atoms with Crippen LogP contribution in [0.15, 0.2) is 18.2 Å². The van der Waals surface area contributed by atoms with Gasteiger partial charge in [0, 0.05) is 36.8 Å². The first-order chi connectivity index (χ1) is 13.2. The van der Waals surface area contributed by atoms with E-state index in [4.69, 9.17) is 4.98 Å². The third-order valence-corrected chi connectivity index (χ3v) is 7.72. The van der Waals surface area contributed by atoms with Gasteiger partial charge in [-0.15, -0.1) is 0 Å². The molecule has 1 aromatic heterocycles. The van der Waals surface area contributed by atoms with Crippen LogP contribution in [-0.2, 0) is 0 Å². The number of hydrogen-bond acceptors (Lipinski definition) is 5. The number of piperidine rings is 1. The number of carbonyl (C=O) groups excluding carboxylic acids is 1. The van der Waals surface area contributed by atoms with Gasteiger partial charge in [0.1, 0.15) is 0 Å². The standard InChI is InChI=1S/C21H28N4OS/c1-24-12-10-18-17(24)7-4-11-25(18)21-23-16-9-8-14(13-19(16)27-21)20(26)22-15-5-2-3-6-15/h8-9,13,15,17-18H,2-7,10-12H2,1H3,(H,22,26). The lowest BCUT2D eigenvalue weighted by molar-refractivity contribution is 0.0938. The molecule has 5 rings (SSSR count). The summed E-state index contributed by atoms with van der Waals surface area (Å²) in [7, 11) is 2.25. The van der Waals surface area contributed by atoms with E-state index in [1.54, 1.807) is 11.3 Å². The van der Waals surface area contributed by atoms with Gasteiger partial charge in [0.25, 0.3) is 5.91 Å². The van der Waals surface area contributed by atoms with Gasteiger partial charge in [-0.3, -0.25) is 4.79 Å². The Morgan fingerprint density at radius 3 is 2.81 bits per heavy atom. The van der Waals surface area contributed by atoms with Gasteiger partial charge < -0.3 is 15.1 Å². The molecule has 2 aliphatic heterocycles. The highest BCUT2D eigenvalue weighted by molar-refractivity contribution is 7.22. The maximum Gasteiger partial charge on any atom is 0.251 e. The summed E-state index contributed by atoms with van der Waals surface area (Å²) < 4.78 is 1.12. The Morgan fingerprint density at radius 1 is 1.11 bits per heavy atom. The lowest BCUT2D eigenvalue weighted by Crippen LogP contribution is -2.48. The highest BCUT2D eigenvalue weighted by Crippen LogP contribution is 2.37. The van der Waals surface area contributed by atoms with Crippen LogP contribution in [0, 0.1) is 0 Å². The van der Waals surface area contributed by atoms with Crippen molar-refractivity contribution in [3.8, 4) is 0 Å². The van der Waals surface area contributed by atoms with Crippen molar-refractivity contribution in [2.45, 2.75) is 63.1 Å². The fourth-order valence-electron chi connectivity index (χ4n) is 5.15. The lowest BCUT2D eigenvalue weighted by Gasteiger charge is -2.39. The van der Waals surface area contributed by atoms with Crippen molar-refractivity contribution < 1.29 is 4.79 Å². The normalized spacial score (nSPS) is 26.6. The molecular formula is C21H28N4OS. The van der Waals surface area contributed by atoms with Crippen molar-refractivity contribution in [1.82, 2.24) is 15.2 Å². The molecule has 5 nitrogen and oxygen atoms in total. The molecule has 1 amide bonds. The molecule has 3 heterocycles. The van der Waals surface area contributed by atoms with Crippen molar-refractivity contribution >= 4 is 32.6 Å². The van der Waals surface area contributed by atoms with Gasteiger partial charge in [0.15, 0.2) is 5.13 Å². The van der Waals surface area contributed by atoms with Gasteiger partial charge in [-0.05, 0) is 57.4 Å². The molecule has 3 aliphatic rings. The monoisotopic (exact) mass is 384 g/mol. The van der Waals surface area contributed by atoms with Crippen LogP contribution < -0.4 is 10.2 Å². The zero-order valence-electron chi connectivity index (χ0n) is 16.0. The second-order valence-corrected chi connectivity index (χ2v) is 9.38. The highest BCUT2D eigenvalue weighted by atomic mass is 32.1. The summed E-state index contributed by atoms with van der Waals surface area (Å²) in [5.41, 5.74) is 1.78. The predicted molar refractivity (Wildman–Crippen MR) is 111 cm³/mol. The average molecular weight is 385 g/mol. The number of nitrogens with one attached hydrogen (secondary N) is 1. The van der Waals surface area contributed by atoms with Crippen LogP contribution in [0.5, 0.6) is 0 Å². The summed E-state index contributed by atoms with van der Waals surface area (Å²) in [5, 5.41) is 4.32. The van der Waals surface area contributed by atoms with Crippen LogP contribution in [0.3, 0.4) is 0 Å².